The topological polar surface area (TPSA) is 54.7 Å². The van der Waals surface area contributed by atoms with Crippen LogP contribution in [0.5, 0.6) is 0 Å². The molecule has 1 aromatic rings. The zero-order chi connectivity index (χ0) is 8.89. The van der Waals surface area contributed by atoms with Crippen molar-refractivity contribution in [3.63, 3.8) is 0 Å². The first kappa shape index (κ1) is 7.56. The number of nitrogens with zero attached hydrogens (tertiary/aromatic N) is 1. The van der Waals surface area contributed by atoms with Crippen molar-refractivity contribution < 1.29 is 0 Å². The summed E-state index contributed by atoms with van der Waals surface area (Å²) in [6.07, 6.45) is 8.16. The number of hydrogen-bond acceptors (Lipinski definition) is 2. The molecule has 3 rings (SSSR count). The van der Waals surface area contributed by atoms with E-state index in [4.69, 9.17) is 5.73 Å². The number of nitrogens with one attached hydrogen (secondary N) is 1. The van der Waals surface area contributed by atoms with Gasteiger partial charge >= 0.3 is 0 Å². The fraction of sp³-hybridized carbons (Fsp3) is 0.700. The second-order valence-corrected chi connectivity index (χ2v) is 4.47. The molecular formula is C10H15N3. The summed E-state index contributed by atoms with van der Waals surface area (Å²) in [5.74, 6) is 1.75. The minimum Gasteiger partial charge on any atom is -0.344 e. The van der Waals surface area contributed by atoms with Gasteiger partial charge in [0.1, 0.15) is 5.82 Å². The molecule has 0 saturated heterocycles. The Morgan fingerprint density at radius 1 is 1.46 bits per heavy atom. The summed E-state index contributed by atoms with van der Waals surface area (Å²) in [5, 5.41) is 0. The first-order valence-electron chi connectivity index (χ1n) is 5.12. The Hall–Kier alpha value is -0.830. The third-order valence-corrected chi connectivity index (χ3v) is 3.40. The highest BCUT2D eigenvalue weighted by molar-refractivity contribution is 5.20. The van der Waals surface area contributed by atoms with E-state index in [-0.39, 0.29) is 5.54 Å². The lowest BCUT2D eigenvalue weighted by atomic mass is 9.83. The highest BCUT2D eigenvalue weighted by Crippen LogP contribution is 2.42. The van der Waals surface area contributed by atoms with E-state index in [9.17, 15) is 0 Å². The molecule has 1 aromatic heterocycles. The molecule has 0 bridgehead atoms. The van der Waals surface area contributed by atoms with Crippen LogP contribution in [-0.2, 0) is 5.54 Å². The van der Waals surface area contributed by atoms with Gasteiger partial charge in [-0.15, -0.1) is 0 Å². The molecule has 0 atom stereocenters. The van der Waals surface area contributed by atoms with E-state index in [2.05, 4.69) is 9.97 Å². The van der Waals surface area contributed by atoms with Crippen LogP contribution in [0, 0.1) is 0 Å². The monoisotopic (exact) mass is 177 g/mol. The molecule has 0 radical (unpaired) electrons. The molecule has 2 fully saturated rings. The molecule has 3 N–H and O–H groups in total. The van der Waals surface area contributed by atoms with Crippen molar-refractivity contribution in [2.75, 3.05) is 0 Å². The summed E-state index contributed by atoms with van der Waals surface area (Å²) in [6, 6.07) is 0. The molecule has 3 heteroatoms. The van der Waals surface area contributed by atoms with Crippen LogP contribution in [-0.4, -0.2) is 9.97 Å². The lowest BCUT2D eigenvalue weighted by molar-refractivity contribution is 0.411. The predicted octanol–water partition coefficient (Wildman–Crippen LogP) is 1.62. The van der Waals surface area contributed by atoms with Crippen molar-refractivity contribution in [1.29, 1.82) is 0 Å². The van der Waals surface area contributed by atoms with Gasteiger partial charge in [-0.25, -0.2) is 4.98 Å². The fourth-order valence-electron chi connectivity index (χ4n) is 1.89. The second kappa shape index (κ2) is 2.35. The third-order valence-electron chi connectivity index (χ3n) is 3.40. The lowest BCUT2D eigenvalue weighted by Gasteiger charge is -2.23. The maximum absolute atomic E-state index is 6.05. The standard InChI is InChI=1S/C10H15N3/c11-10(4-5-10)9-12-6-8(13-9)7-2-1-3-7/h6-7H,1-5,11H2,(H,12,13). The molecule has 0 aromatic carbocycles. The van der Waals surface area contributed by atoms with Gasteiger partial charge in [0, 0.05) is 17.8 Å². The van der Waals surface area contributed by atoms with Crippen molar-refractivity contribution >= 4 is 0 Å². The van der Waals surface area contributed by atoms with E-state index in [1.165, 1.54) is 25.0 Å². The molecule has 3 nitrogen and oxygen atoms in total. The van der Waals surface area contributed by atoms with Gasteiger partial charge < -0.3 is 10.7 Å². The van der Waals surface area contributed by atoms with Crippen LogP contribution in [0.2, 0.25) is 0 Å². The summed E-state index contributed by atoms with van der Waals surface area (Å²) in [6.45, 7) is 0. The Bertz CT molecular complexity index is 321. The van der Waals surface area contributed by atoms with E-state index in [1.54, 1.807) is 0 Å². The van der Waals surface area contributed by atoms with Crippen LogP contribution in [0.15, 0.2) is 6.20 Å². The van der Waals surface area contributed by atoms with Crippen LogP contribution < -0.4 is 5.73 Å². The summed E-state index contributed by atoms with van der Waals surface area (Å²) in [4.78, 5) is 7.75. The zero-order valence-electron chi connectivity index (χ0n) is 7.71. The smallest absolute Gasteiger partial charge is 0.126 e. The second-order valence-electron chi connectivity index (χ2n) is 4.47. The first-order chi connectivity index (χ1) is 6.28. The van der Waals surface area contributed by atoms with E-state index in [0.29, 0.717) is 0 Å². The minimum atomic E-state index is -0.0952. The SMILES string of the molecule is NC1(c2ncc(C3CCC3)[nH]2)CC1. The number of nitrogens with two attached hydrogens (primary N) is 1. The molecule has 1 heterocycles. The number of H-pyrrole nitrogens is 1. The lowest BCUT2D eigenvalue weighted by Crippen LogP contribution is -2.20. The molecule has 0 amide bonds. The van der Waals surface area contributed by atoms with Crippen LogP contribution in [0.25, 0.3) is 0 Å². The molecule has 13 heavy (non-hydrogen) atoms. The molecular weight excluding hydrogens is 162 g/mol. The Morgan fingerprint density at radius 3 is 2.77 bits per heavy atom. The van der Waals surface area contributed by atoms with Crippen molar-refractivity contribution in [3.8, 4) is 0 Å². The molecule has 0 unspecified atom stereocenters. The molecule has 2 aliphatic rings. The van der Waals surface area contributed by atoms with E-state index in [1.807, 2.05) is 6.20 Å². The van der Waals surface area contributed by atoms with Crippen molar-refractivity contribution in [3.05, 3.63) is 17.7 Å². The molecule has 2 aliphatic carbocycles. The summed E-state index contributed by atoms with van der Waals surface area (Å²) < 4.78 is 0. The molecule has 0 aliphatic heterocycles. The fourth-order valence-corrected chi connectivity index (χ4v) is 1.89. The van der Waals surface area contributed by atoms with Gasteiger partial charge in [0.15, 0.2) is 0 Å². The quantitative estimate of drug-likeness (QED) is 0.721. The molecule has 0 spiro atoms. The maximum Gasteiger partial charge on any atom is 0.126 e. The molecule has 2 saturated carbocycles. The average molecular weight is 177 g/mol. The van der Waals surface area contributed by atoms with Gasteiger partial charge in [-0.05, 0) is 25.7 Å². The van der Waals surface area contributed by atoms with E-state index < -0.39 is 0 Å². The van der Waals surface area contributed by atoms with E-state index in [0.717, 1.165) is 24.6 Å². The third kappa shape index (κ3) is 1.10. The maximum atomic E-state index is 6.05. The van der Waals surface area contributed by atoms with Crippen molar-refractivity contribution in [2.45, 2.75) is 43.6 Å². The van der Waals surface area contributed by atoms with Crippen molar-refractivity contribution in [2.24, 2.45) is 5.73 Å². The van der Waals surface area contributed by atoms with Gasteiger partial charge in [-0.1, -0.05) is 6.42 Å². The van der Waals surface area contributed by atoms with E-state index >= 15 is 0 Å². The van der Waals surface area contributed by atoms with Crippen LogP contribution in [0.4, 0.5) is 0 Å². The van der Waals surface area contributed by atoms with Crippen molar-refractivity contribution in [1.82, 2.24) is 9.97 Å². The molecule has 70 valence electrons. The average Bonchev–Trinajstić information content (AvgIpc) is 2.61. The Morgan fingerprint density at radius 2 is 2.23 bits per heavy atom. The van der Waals surface area contributed by atoms with Crippen LogP contribution >= 0.6 is 0 Å². The highest BCUT2D eigenvalue weighted by atomic mass is 15.0. The summed E-state index contributed by atoms with van der Waals surface area (Å²) in [7, 11) is 0. The number of hydrogen-bond donors (Lipinski definition) is 2. The number of imidazole rings is 1. The van der Waals surface area contributed by atoms with Gasteiger partial charge in [0.25, 0.3) is 0 Å². The highest BCUT2D eigenvalue weighted by Gasteiger charge is 2.43. The Balaban J connectivity index is 1.85. The van der Waals surface area contributed by atoms with Gasteiger partial charge in [-0.3, -0.25) is 0 Å². The van der Waals surface area contributed by atoms with Gasteiger partial charge in [0.05, 0.1) is 5.54 Å². The summed E-state index contributed by atoms with van der Waals surface area (Å²) >= 11 is 0. The summed E-state index contributed by atoms with van der Waals surface area (Å²) in [5.41, 5.74) is 7.26. The zero-order valence-corrected chi connectivity index (χ0v) is 7.71. The number of rotatable bonds is 2. The number of aromatic nitrogens is 2. The van der Waals surface area contributed by atoms with Gasteiger partial charge in [-0.2, -0.15) is 0 Å². The van der Waals surface area contributed by atoms with Crippen LogP contribution in [0.1, 0.15) is 49.5 Å². The Kier molecular flexibility index (Phi) is 1.37. The van der Waals surface area contributed by atoms with Gasteiger partial charge in [0.2, 0.25) is 0 Å². The Labute approximate surface area is 77.7 Å². The normalized spacial score (nSPS) is 25.6. The van der Waals surface area contributed by atoms with Crippen LogP contribution in [0.3, 0.4) is 0 Å². The predicted molar refractivity (Wildman–Crippen MR) is 50.3 cm³/mol. The minimum absolute atomic E-state index is 0.0952. The first-order valence-corrected chi connectivity index (χ1v) is 5.12. The largest absolute Gasteiger partial charge is 0.344 e. The number of aromatic amines is 1.